The van der Waals surface area contributed by atoms with Crippen LogP contribution in [0.2, 0.25) is 0 Å². The maximum atomic E-state index is 12.9. The maximum Gasteiger partial charge on any atom is 0.251 e. The molecular formula is C29H41N2O2. The topological polar surface area (TPSA) is 52.2 Å². The van der Waals surface area contributed by atoms with Gasteiger partial charge >= 0.3 is 0 Å². The number of unbranched alkanes of at least 4 members (excludes halogenated alkanes) is 4. The quantitative estimate of drug-likeness (QED) is 0.421. The van der Waals surface area contributed by atoms with Crippen molar-refractivity contribution < 1.29 is 10.0 Å². The Kier molecular flexibility index (Phi) is 8.36. The summed E-state index contributed by atoms with van der Waals surface area (Å²) in [6.45, 7) is 10.1. The van der Waals surface area contributed by atoms with Crippen molar-refractivity contribution in [1.29, 1.82) is 0 Å². The first-order valence-electron chi connectivity index (χ1n) is 12.6. The normalized spacial score (nSPS) is 18.2. The molecule has 1 radical (unpaired) electrons. The van der Waals surface area contributed by atoms with Crippen LogP contribution in [0.25, 0.3) is 11.1 Å². The van der Waals surface area contributed by atoms with Crippen molar-refractivity contribution in [3.05, 3.63) is 59.7 Å². The molecule has 0 aliphatic carbocycles. The van der Waals surface area contributed by atoms with Crippen molar-refractivity contribution in [1.82, 2.24) is 10.4 Å². The molecule has 179 valence electrons. The Balaban J connectivity index is 1.57. The van der Waals surface area contributed by atoms with E-state index in [0.717, 1.165) is 12.0 Å². The Morgan fingerprint density at radius 2 is 1.36 bits per heavy atom. The number of amides is 1. The van der Waals surface area contributed by atoms with Gasteiger partial charge in [0.15, 0.2) is 0 Å². The third kappa shape index (κ3) is 6.68. The molecule has 0 spiro atoms. The SMILES string of the molecule is CCCCCCCc1ccc(-c2ccc(C(=O)NC3CC(C)(C)N([O])C(C)(C)C3)cc2)cc1. The molecule has 3 rings (SSSR count). The summed E-state index contributed by atoms with van der Waals surface area (Å²) in [6.07, 6.45) is 8.96. The number of carbonyl (C=O) groups excluding carboxylic acids is 1. The van der Waals surface area contributed by atoms with Gasteiger partial charge in [0.25, 0.3) is 5.91 Å². The fraction of sp³-hybridized carbons (Fsp3) is 0.552. The molecule has 1 N–H and O–H groups in total. The number of hydrogen-bond donors (Lipinski definition) is 1. The van der Waals surface area contributed by atoms with Crippen molar-refractivity contribution in [2.24, 2.45) is 0 Å². The summed E-state index contributed by atoms with van der Waals surface area (Å²) in [5, 5.41) is 16.9. The van der Waals surface area contributed by atoms with E-state index >= 15 is 0 Å². The predicted octanol–water partition coefficient (Wildman–Crippen LogP) is 6.96. The molecule has 4 heteroatoms. The van der Waals surface area contributed by atoms with Crippen molar-refractivity contribution in [2.45, 2.75) is 103 Å². The number of carbonyl (C=O) groups is 1. The van der Waals surface area contributed by atoms with E-state index in [2.05, 4.69) is 36.5 Å². The van der Waals surface area contributed by atoms with Gasteiger partial charge in [0, 0.05) is 22.7 Å². The van der Waals surface area contributed by atoms with Gasteiger partial charge in [-0.1, -0.05) is 69.0 Å². The first-order valence-corrected chi connectivity index (χ1v) is 12.6. The second-order valence-corrected chi connectivity index (χ2v) is 10.9. The number of hydroxylamine groups is 2. The zero-order chi connectivity index (χ0) is 24.1. The third-order valence-corrected chi connectivity index (χ3v) is 6.93. The summed E-state index contributed by atoms with van der Waals surface area (Å²) in [7, 11) is 0. The summed E-state index contributed by atoms with van der Waals surface area (Å²) in [4.78, 5) is 12.9. The molecule has 0 saturated carbocycles. The first kappa shape index (κ1) is 25.5. The van der Waals surface area contributed by atoms with Crippen molar-refractivity contribution >= 4 is 5.91 Å². The van der Waals surface area contributed by atoms with Gasteiger partial charge in [0.2, 0.25) is 0 Å². The van der Waals surface area contributed by atoms with E-state index in [1.165, 1.54) is 48.3 Å². The zero-order valence-corrected chi connectivity index (χ0v) is 21.1. The van der Waals surface area contributed by atoms with Gasteiger partial charge in [-0.05, 0) is 82.2 Å². The number of hydrogen-bond acceptors (Lipinski definition) is 2. The second-order valence-electron chi connectivity index (χ2n) is 10.9. The molecule has 33 heavy (non-hydrogen) atoms. The lowest BCUT2D eigenvalue weighted by Crippen LogP contribution is -2.62. The smallest absolute Gasteiger partial charge is 0.251 e. The van der Waals surface area contributed by atoms with Gasteiger partial charge in [-0.15, -0.1) is 10.3 Å². The Morgan fingerprint density at radius 1 is 0.848 bits per heavy atom. The molecule has 1 aliphatic rings. The first-order chi connectivity index (χ1) is 15.6. The Hall–Kier alpha value is -2.17. The van der Waals surface area contributed by atoms with Crippen LogP contribution in [0.3, 0.4) is 0 Å². The Morgan fingerprint density at radius 3 is 1.91 bits per heavy atom. The predicted molar refractivity (Wildman–Crippen MR) is 136 cm³/mol. The molecule has 1 aliphatic heterocycles. The largest absolute Gasteiger partial charge is 0.349 e. The lowest BCUT2D eigenvalue weighted by Gasteiger charge is -2.50. The molecule has 0 aromatic heterocycles. The van der Waals surface area contributed by atoms with Gasteiger partial charge in [-0.25, -0.2) is 0 Å². The van der Waals surface area contributed by atoms with Crippen LogP contribution in [0.1, 0.15) is 95.5 Å². The zero-order valence-electron chi connectivity index (χ0n) is 21.1. The molecule has 0 atom stereocenters. The molecule has 2 aromatic rings. The second kappa shape index (κ2) is 10.8. The molecule has 2 aromatic carbocycles. The lowest BCUT2D eigenvalue weighted by molar-refractivity contribution is -0.289. The van der Waals surface area contributed by atoms with Crippen LogP contribution in [-0.2, 0) is 11.6 Å². The van der Waals surface area contributed by atoms with Gasteiger partial charge in [0.1, 0.15) is 0 Å². The summed E-state index contributed by atoms with van der Waals surface area (Å²) >= 11 is 0. The highest BCUT2D eigenvalue weighted by Gasteiger charge is 2.46. The van der Waals surface area contributed by atoms with Gasteiger partial charge < -0.3 is 5.32 Å². The molecule has 0 bridgehead atoms. The van der Waals surface area contributed by atoms with E-state index in [1.54, 1.807) is 0 Å². The van der Waals surface area contributed by atoms with E-state index in [-0.39, 0.29) is 11.9 Å². The minimum absolute atomic E-state index is 0.0121. The summed E-state index contributed by atoms with van der Waals surface area (Å²) in [6, 6.07) is 16.6. The summed E-state index contributed by atoms with van der Waals surface area (Å²) < 4.78 is 0. The molecule has 4 nitrogen and oxygen atoms in total. The van der Waals surface area contributed by atoms with E-state index in [4.69, 9.17) is 0 Å². The average molecular weight is 450 g/mol. The van der Waals surface area contributed by atoms with E-state index < -0.39 is 11.1 Å². The summed E-state index contributed by atoms with van der Waals surface area (Å²) in [5.41, 5.74) is 3.34. The van der Waals surface area contributed by atoms with Gasteiger partial charge in [-0.3, -0.25) is 4.79 Å². The van der Waals surface area contributed by atoms with Crippen LogP contribution in [-0.4, -0.2) is 28.1 Å². The monoisotopic (exact) mass is 449 g/mol. The van der Waals surface area contributed by atoms with Crippen molar-refractivity contribution in [3.63, 3.8) is 0 Å². The van der Waals surface area contributed by atoms with Crippen molar-refractivity contribution in [3.8, 4) is 11.1 Å². The highest BCUT2D eigenvalue weighted by molar-refractivity contribution is 5.94. The molecule has 1 fully saturated rings. The van der Waals surface area contributed by atoms with E-state index in [1.807, 2.05) is 52.0 Å². The minimum atomic E-state index is -0.495. The minimum Gasteiger partial charge on any atom is -0.349 e. The number of nitrogens with zero attached hydrogens (tertiary/aromatic N) is 1. The van der Waals surface area contributed by atoms with Crippen LogP contribution in [0.15, 0.2) is 48.5 Å². The third-order valence-electron chi connectivity index (χ3n) is 6.93. The number of nitrogens with one attached hydrogen (secondary N) is 1. The Bertz CT molecular complexity index is 882. The number of piperidine rings is 1. The van der Waals surface area contributed by atoms with Gasteiger partial charge in [-0.2, -0.15) is 0 Å². The van der Waals surface area contributed by atoms with Crippen LogP contribution in [0, 0.1) is 0 Å². The van der Waals surface area contributed by atoms with Crippen molar-refractivity contribution in [2.75, 3.05) is 0 Å². The fourth-order valence-electron chi connectivity index (χ4n) is 5.24. The molecule has 1 heterocycles. The van der Waals surface area contributed by atoms with E-state index in [0.29, 0.717) is 18.4 Å². The number of rotatable bonds is 9. The summed E-state index contributed by atoms with van der Waals surface area (Å²) in [5.74, 6) is -0.0732. The van der Waals surface area contributed by atoms with Crippen LogP contribution in [0.4, 0.5) is 0 Å². The molecule has 0 unspecified atom stereocenters. The number of benzene rings is 2. The van der Waals surface area contributed by atoms with Crippen LogP contribution < -0.4 is 5.32 Å². The van der Waals surface area contributed by atoms with E-state index in [9.17, 15) is 10.0 Å². The molecule has 1 amide bonds. The molecule has 1 saturated heterocycles. The standard InChI is InChI=1S/C29H41N2O2/c1-6-7-8-9-10-11-22-12-14-23(15-13-22)24-16-18-25(19-17-24)27(32)30-26-20-28(2,3)31(33)29(4,5)21-26/h12-19,26H,6-11,20-21H2,1-5H3,(H,30,32). The average Bonchev–Trinajstić information content (AvgIpc) is 2.77. The number of aryl methyl sites for hydroxylation is 1. The highest BCUT2D eigenvalue weighted by atomic mass is 16.5. The fourth-order valence-corrected chi connectivity index (χ4v) is 5.24. The molecular weight excluding hydrogens is 408 g/mol. The maximum absolute atomic E-state index is 12.9. The van der Waals surface area contributed by atoms with Crippen LogP contribution >= 0.6 is 0 Å². The lowest BCUT2D eigenvalue weighted by atomic mass is 9.79. The highest BCUT2D eigenvalue weighted by Crippen LogP contribution is 2.37. The van der Waals surface area contributed by atoms with Crippen LogP contribution in [0.5, 0.6) is 0 Å². The van der Waals surface area contributed by atoms with Gasteiger partial charge in [0.05, 0.1) is 0 Å². The Labute approximate surface area is 200 Å².